The Balaban J connectivity index is 1.41. The second-order valence-corrected chi connectivity index (χ2v) is 10.9. The lowest BCUT2D eigenvalue weighted by molar-refractivity contribution is 0.00651. The number of piperidine rings is 1. The molecule has 2 aliphatic rings. The van der Waals surface area contributed by atoms with Crippen molar-refractivity contribution < 1.29 is 19.1 Å². The highest BCUT2D eigenvalue weighted by atomic mass is 16.5. The number of aromatic nitrogens is 2. The number of oxazole rings is 1. The van der Waals surface area contributed by atoms with E-state index in [1.54, 1.807) is 18.3 Å². The van der Waals surface area contributed by atoms with E-state index < -0.39 is 5.60 Å². The molecule has 4 heterocycles. The highest BCUT2D eigenvalue weighted by molar-refractivity contribution is 6.05. The Morgan fingerprint density at radius 2 is 2.00 bits per heavy atom. The molecule has 5 rings (SSSR count). The van der Waals surface area contributed by atoms with Gasteiger partial charge in [-0.25, -0.2) is 9.97 Å². The van der Waals surface area contributed by atoms with E-state index in [0.717, 1.165) is 49.4 Å². The summed E-state index contributed by atoms with van der Waals surface area (Å²) >= 11 is 0. The largest absolute Gasteiger partial charge is 0.487 e. The summed E-state index contributed by atoms with van der Waals surface area (Å²) in [4.78, 5) is 23.8. The minimum Gasteiger partial charge on any atom is -0.487 e. The van der Waals surface area contributed by atoms with Gasteiger partial charge in [0.2, 0.25) is 5.89 Å². The molecule has 0 spiro atoms. The van der Waals surface area contributed by atoms with Crippen molar-refractivity contribution in [2.45, 2.75) is 58.2 Å². The number of benzene rings is 1. The van der Waals surface area contributed by atoms with Crippen LogP contribution in [0.25, 0.3) is 11.5 Å². The second-order valence-electron chi connectivity index (χ2n) is 10.9. The molecule has 1 fully saturated rings. The molecule has 9 nitrogen and oxygen atoms in total. The van der Waals surface area contributed by atoms with E-state index >= 15 is 0 Å². The number of rotatable bonds is 5. The van der Waals surface area contributed by atoms with Crippen LogP contribution >= 0.6 is 0 Å². The van der Waals surface area contributed by atoms with Crippen LogP contribution in [0.3, 0.4) is 0 Å². The van der Waals surface area contributed by atoms with Gasteiger partial charge in [-0.1, -0.05) is 0 Å². The molecular formula is C27H33N5O4. The number of nitrogens with one attached hydrogen (secondary N) is 1. The molecule has 1 aromatic carbocycles. The van der Waals surface area contributed by atoms with Crippen LogP contribution in [0, 0.1) is 5.92 Å². The molecule has 0 radical (unpaired) electrons. The lowest BCUT2D eigenvalue weighted by atomic mass is 9.83. The summed E-state index contributed by atoms with van der Waals surface area (Å²) in [6.07, 6.45) is 5.39. The number of fused-ring (bicyclic) bond motifs is 1. The highest BCUT2D eigenvalue weighted by Gasteiger charge is 2.34. The van der Waals surface area contributed by atoms with Gasteiger partial charge >= 0.3 is 0 Å². The second kappa shape index (κ2) is 8.81. The third-order valence-electron chi connectivity index (χ3n) is 7.03. The lowest BCUT2D eigenvalue weighted by Crippen LogP contribution is -2.42. The fourth-order valence-corrected chi connectivity index (χ4v) is 5.11. The van der Waals surface area contributed by atoms with Crippen molar-refractivity contribution in [1.29, 1.82) is 0 Å². The fraction of sp³-hybridized carbons (Fsp3) is 0.444. The van der Waals surface area contributed by atoms with Gasteiger partial charge in [0.25, 0.3) is 5.91 Å². The van der Waals surface area contributed by atoms with Crippen LogP contribution in [-0.4, -0.2) is 45.3 Å². The van der Waals surface area contributed by atoms with E-state index in [0.29, 0.717) is 23.0 Å². The number of amides is 1. The van der Waals surface area contributed by atoms with Crippen molar-refractivity contribution >= 4 is 23.1 Å². The molecule has 36 heavy (non-hydrogen) atoms. The van der Waals surface area contributed by atoms with E-state index in [4.69, 9.17) is 14.9 Å². The Labute approximate surface area is 210 Å². The van der Waals surface area contributed by atoms with Crippen LogP contribution in [0.1, 0.15) is 56.6 Å². The van der Waals surface area contributed by atoms with Crippen LogP contribution < -0.4 is 20.7 Å². The van der Waals surface area contributed by atoms with Crippen LogP contribution in [0.2, 0.25) is 0 Å². The highest BCUT2D eigenvalue weighted by Crippen LogP contribution is 2.43. The standard InChI is InChI=1S/C27H33N5O4/c1-26(2)14-17-11-19(21(13-22(17)36-26)32-9-6-18(7-10-32)27(3,4)34)30-24(33)20-15-35-25(31-20)16-5-8-29-23(28)12-16/h5,8,11-13,15,18,34H,6-7,9-10,14H2,1-4H3,(H2,28,29)(H,30,33). The smallest absolute Gasteiger partial charge is 0.277 e. The molecule has 190 valence electrons. The zero-order valence-corrected chi connectivity index (χ0v) is 21.2. The third-order valence-corrected chi connectivity index (χ3v) is 7.03. The number of nitrogens with zero attached hydrogens (tertiary/aromatic N) is 3. The Hall–Kier alpha value is -3.59. The molecule has 3 aromatic rings. The zero-order valence-electron chi connectivity index (χ0n) is 21.2. The average Bonchev–Trinajstić information content (AvgIpc) is 3.41. The molecule has 0 atom stereocenters. The predicted octanol–water partition coefficient (Wildman–Crippen LogP) is 4.27. The number of anilines is 3. The van der Waals surface area contributed by atoms with Crippen LogP contribution in [-0.2, 0) is 6.42 Å². The van der Waals surface area contributed by atoms with E-state index in [1.807, 2.05) is 26.0 Å². The Bertz CT molecular complexity index is 1290. The molecule has 0 saturated carbocycles. The van der Waals surface area contributed by atoms with Gasteiger partial charge in [-0.15, -0.1) is 0 Å². The first-order valence-corrected chi connectivity index (χ1v) is 12.3. The van der Waals surface area contributed by atoms with E-state index in [9.17, 15) is 9.90 Å². The maximum absolute atomic E-state index is 13.2. The molecule has 0 aliphatic carbocycles. The van der Waals surface area contributed by atoms with Crippen molar-refractivity contribution in [3.8, 4) is 17.2 Å². The van der Waals surface area contributed by atoms with Crippen molar-refractivity contribution in [1.82, 2.24) is 9.97 Å². The number of nitrogen functional groups attached to an aromatic ring is 1. The number of ether oxygens (including phenoxy) is 1. The Morgan fingerprint density at radius 3 is 2.69 bits per heavy atom. The molecule has 2 aliphatic heterocycles. The summed E-state index contributed by atoms with van der Waals surface area (Å²) in [5, 5.41) is 13.5. The first-order valence-electron chi connectivity index (χ1n) is 12.3. The molecule has 0 unspecified atom stereocenters. The SMILES string of the molecule is CC1(C)Cc2cc(NC(=O)c3coc(-c4ccnc(N)c4)n3)c(N3CCC(C(C)(C)O)CC3)cc2O1. The van der Waals surface area contributed by atoms with E-state index in [2.05, 4.69) is 34.0 Å². The molecule has 1 amide bonds. The van der Waals surface area contributed by atoms with Crippen LogP contribution in [0.15, 0.2) is 41.1 Å². The maximum Gasteiger partial charge on any atom is 0.277 e. The quantitative estimate of drug-likeness (QED) is 0.483. The number of hydrogen-bond acceptors (Lipinski definition) is 8. The predicted molar refractivity (Wildman–Crippen MR) is 138 cm³/mol. The number of pyridine rings is 1. The summed E-state index contributed by atoms with van der Waals surface area (Å²) in [6.45, 7) is 9.41. The molecule has 4 N–H and O–H groups in total. The summed E-state index contributed by atoms with van der Waals surface area (Å²) in [7, 11) is 0. The van der Waals surface area contributed by atoms with Gasteiger partial charge in [-0.05, 0) is 64.7 Å². The average molecular weight is 492 g/mol. The topological polar surface area (TPSA) is 127 Å². The number of carbonyl (C=O) groups is 1. The van der Waals surface area contributed by atoms with Gasteiger partial charge in [0, 0.05) is 42.9 Å². The maximum atomic E-state index is 13.2. The van der Waals surface area contributed by atoms with Crippen molar-refractivity contribution in [2.24, 2.45) is 5.92 Å². The van der Waals surface area contributed by atoms with Crippen molar-refractivity contribution in [3.05, 3.63) is 48.0 Å². The minimum atomic E-state index is -0.710. The lowest BCUT2D eigenvalue weighted by Gasteiger charge is -2.39. The molecule has 1 saturated heterocycles. The summed E-state index contributed by atoms with van der Waals surface area (Å²) in [6, 6.07) is 7.40. The van der Waals surface area contributed by atoms with Crippen molar-refractivity contribution in [3.63, 3.8) is 0 Å². The van der Waals surface area contributed by atoms with Gasteiger partial charge < -0.3 is 30.2 Å². The molecule has 2 aromatic heterocycles. The minimum absolute atomic E-state index is 0.171. The molecule has 9 heteroatoms. The van der Waals surface area contributed by atoms with Gasteiger partial charge in [0.15, 0.2) is 5.69 Å². The first-order chi connectivity index (χ1) is 17.0. The van der Waals surface area contributed by atoms with E-state index in [1.165, 1.54) is 6.26 Å². The molecular weight excluding hydrogens is 458 g/mol. The summed E-state index contributed by atoms with van der Waals surface area (Å²) in [5.41, 5.74) is 8.23. The van der Waals surface area contributed by atoms with E-state index in [-0.39, 0.29) is 23.1 Å². The monoisotopic (exact) mass is 491 g/mol. The van der Waals surface area contributed by atoms with Gasteiger partial charge in [0.05, 0.1) is 17.0 Å². The number of hydrogen-bond donors (Lipinski definition) is 3. The molecule has 0 bridgehead atoms. The number of nitrogens with two attached hydrogens (primary N) is 1. The van der Waals surface area contributed by atoms with Crippen LogP contribution in [0.4, 0.5) is 17.2 Å². The van der Waals surface area contributed by atoms with Crippen LogP contribution in [0.5, 0.6) is 5.75 Å². The zero-order chi connectivity index (χ0) is 25.7. The first kappa shape index (κ1) is 24.1. The number of aliphatic hydroxyl groups is 1. The van der Waals surface area contributed by atoms with Gasteiger partial charge in [-0.3, -0.25) is 4.79 Å². The Morgan fingerprint density at radius 1 is 1.25 bits per heavy atom. The van der Waals surface area contributed by atoms with Crippen molar-refractivity contribution in [2.75, 3.05) is 29.0 Å². The summed E-state index contributed by atoms with van der Waals surface area (Å²) < 4.78 is 11.7. The fourth-order valence-electron chi connectivity index (χ4n) is 5.11. The third kappa shape index (κ3) is 4.88. The Kier molecular flexibility index (Phi) is 5.90. The summed E-state index contributed by atoms with van der Waals surface area (Å²) in [5.74, 6) is 1.35. The van der Waals surface area contributed by atoms with Gasteiger partial charge in [-0.2, -0.15) is 0 Å². The van der Waals surface area contributed by atoms with Gasteiger partial charge in [0.1, 0.15) is 23.4 Å². The normalized spacial score (nSPS) is 17.5. The number of carbonyl (C=O) groups excluding carboxylic acids is 1.